The third-order valence-corrected chi connectivity index (χ3v) is 7.55. The molecule has 1 aliphatic rings. The van der Waals surface area contributed by atoms with E-state index in [4.69, 9.17) is 4.74 Å². The second-order valence-corrected chi connectivity index (χ2v) is 11.1. The predicted molar refractivity (Wildman–Crippen MR) is 133 cm³/mol. The number of hydrogen-bond acceptors (Lipinski definition) is 7. The highest BCUT2D eigenvalue weighted by Gasteiger charge is 2.39. The Bertz CT molecular complexity index is 1490. The van der Waals surface area contributed by atoms with Crippen molar-refractivity contribution in [2.75, 3.05) is 18.6 Å². The van der Waals surface area contributed by atoms with Gasteiger partial charge in [0.15, 0.2) is 4.90 Å². The highest BCUT2D eigenvalue weighted by molar-refractivity contribution is 7.90. The number of hydrogen-bond donors (Lipinski definition) is 2. The number of rotatable bonds is 6. The molecule has 190 valence electrons. The number of carbonyl (C=O) groups is 1. The van der Waals surface area contributed by atoms with Crippen LogP contribution in [-0.4, -0.2) is 43.5 Å². The average molecular weight is 515 g/mol. The third-order valence-electron chi connectivity index (χ3n) is 6.20. The van der Waals surface area contributed by atoms with E-state index in [1.54, 1.807) is 0 Å². The number of halogens is 1. The molecule has 0 spiro atoms. The smallest absolute Gasteiger partial charge is 0.269 e. The lowest BCUT2D eigenvalue weighted by Gasteiger charge is -2.34. The number of aromatic amines is 1. The molecule has 11 heteroatoms. The van der Waals surface area contributed by atoms with Gasteiger partial charge in [-0.15, -0.1) is 0 Å². The van der Waals surface area contributed by atoms with Crippen molar-refractivity contribution in [3.05, 3.63) is 70.4 Å². The summed E-state index contributed by atoms with van der Waals surface area (Å²) in [6.07, 6.45) is 2.10. The molecule has 0 aliphatic carbocycles. The molecule has 0 saturated carbocycles. The number of pyridine rings is 2. The van der Waals surface area contributed by atoms with E-state index in [0.29, 0.717) is 12.3 Å². The number of anilines is 1. The zero-order valence-electron chi connectivity index (χ0n) is 20.3. The largest absolute Gasteiger partial charge is 0.497 e. The monoisotopic (exact) mass is 514 g/mol. The molecule has 1 aliphatic heterocycles. The van der Waals surface area contributed by atoms with Crippen molar-refractivity contribution in [2.45, 2.75) is 37.6 Å². The summed E-state index contributed by atoms with van der Waals surface area (Å²) >= 11 is 0. The molecule has 4 rings (SSSR count). The Labute approximate surface area is 208 Å². The van der Waals surface area contributed by atoms with Crippen LogP contribution in [0.15, 0.2) is 58.4 Å². The van der Waals surface area contributed by atoms with Gasteiger partial charge in [-0.05, 0) is 68.7 Å². The first-order chi connectivity index (χ1) is 16.9. The fraction of sp³-hybridized carbons (Fsp3) is 0.320. The summed E-state index contributed by atoms with van der Waals surface area (Å²) < 4.78 is 47.5. The first kappa shape index (κ1) is 25.4. The quantitative estimate of drug-likeness (QED) is 0.518. The highest BCUT2D eigenvalue weighted by Crippen LogP contribution is 2.38. The number of sulfonamides is 1. The van der Waals surface area contributed by atoms with Gasteiger partial charge in [-0.3, -0.25) is 9.59 Å². The fourth-order valence-electron chi connectivity index (χ4n) is 4.62. The standard InChI is InChI=1S/C25H27FN4O5S/c1-15-13-25(2,3)30(14-15)22-17(23(31)29-36(33,34)21-6-5-11-27-24(21)32)8-10-20(28-22)18-12-16(35-4)7-9-19(18)26/h5-12,15H,13-14H2,1-4H3,(H,27,32)(H,29,31)/t15-/m0/s1. The van der Waals surface area contributed by atoms with E-state index in [2.05, 4.69) is 16.9 Å². The van der Waals surface area contributed by atoms with Gasteiger partial charge in [-0.2, -0.15) is 0 Å². The van der Waals surface area contributed by atoms with Crippen LogP contribution in [0.2, 0.25) is 0 Å². The minimum absolute atomic E-state index is 0.0137. The molecular weight excluding hydrogens is 487 g/mol. The van der Waals surface area contributed by atoms with E-state index in [0.717, 1.165) is 12.5 Å². The molecule has 2 aromatic heterocycles. The van der Waals surface area contributed by atoms with Crippen LogP contribution in [0.1, 0.15) is 37.6 Å². The van der Waals surface area contributed by atoms with Crippen LogP contribution < -0.4 is 19.9 Å². The Morgan fingerprint density at radius 1 is 1.25 bits per heavy atom. The molecule has 1 saturated heterocycles. The molecule has 36 heavy (non-hydrogen) atoms. The van der Waals surface area contributed by atoms with Crippen LogP contribution in [0, 0.1) is 11.7 Å². The van der Waals surface area contributed by atoms with Crippen molar-refractivity contribution in [1.82, 2.24) is 14.7 Å². The Hall–Kier alpha value is -3.73. The van der Waals surface area contributed by atoms with Crippen molar-refractivity contribution >= 4 is 21.7 Å². The number of carbonyl (C=O) groups excluding carboxylic acids is 1. The van der Waals surface area contributed by atoms with E-state index in [9.17, 15) is 22.4 Å². The lowest BCUT2D eigenvalue weighted by Crippen LogP contribution is -2.41. The van der Waals surface area contributed by atoms with Gasteiger partial charge in [-0.25, -0.2) is 22.5 Å². The Morgan fingerprint density at radius 3 is 2.64 bits per heavy atom. The van der Waals surface area contributed by atoms with Crippen LogP contribution >= 0.6 is 0 Å². The number of H-pyrrole nitrogens is 1. The summed E-state index contributed by atoms with van der Waals surface area (Å²) in [4.78, 5) is 33.5. The second-order valence-electron chi connectivity index (χ2n) is 9.44. The number of amides is 1. The van der Waals surface area contributed by atoms with Crippen LogP contribution in [0.4, 0.5) is 10.2 Å². The molecule has 0 unspecified atom stereocenters. The minimum atomic E-state index is -4.46. The van der Waals surface area contributed by atoms with Gasteiger partial charge in [0, 0.05) is 23.8 Å². The molecule has 1 fully saturated rings. The van der Waals surface area contributed by atoms with Crippen molar-refractivity contribution in [1.29, 1.82) is 0 Å². The average Bonchev–Trinajstić information content (AvgIpc) is 3.10. The van der Waals surface area contributed by atoms with Crippen molar-refractivity contribution < 1.29 is 22.3 Å². The molecule has 9 nitrogen and oxygen atoms in total. The highest BCUT2D eigenvalue weighted by atomic mass is 32.2. The van der Waals surface area contributed by atoms with Crippen LogP contribution in [-0.2, 0) is 10.0 Å². The number of nitrogens with one attached hydrogen (secondary N) is 2. The van der Waals surface area contributed by atoms with Crippen molar-refractivity contribution in [3.63, 3.8) is 0 Å². The molecular formula is C25H27FN4O5S. The van der Waals surface area contributed by atoms with Crippen molar-refractivity contribution in [3.8, 4) is 17.0 Å². The molecule has 1 amide bonds. The van der Waals surface area contributed by atoms with Gasteiger partial charge in [0.1, 0.15) is 17.4 Å². The van der Waals surface area contributed by atoms with Gasteiger partial charge in [0.25, 0.3) is 21.5 Å². The predicted octanol–water partition coefficient (Wildman–Crippen LogP) is 3.33. The van der Waals surface area contributed by atoms with Crippen LogP contribution in [0.3, 0.4) is 0 Å². The van der Waals surface area contributed by atoms with Gasteiger partial charge >= 0.3 is 0 Å². The molecule has 1 atom stereocenters. The fourth-order valence-corrected chi connectivity index (χ4v) is 5.64. The maximum Gasteiger partial charge on any atom is 0.269 e. The SMILES string of the molecule is COc1ccc(F)c(-c2ccc(C(=O)NS(=O)(=O)c3ccc[nH]c3=O)c(N3C[C@@H](C)CC3(C)C)n2)c1. The zero-order chi connectivity index (χ0) is 26.3. The lowest BCUT2D eigenvalue weighted by atomic mass is 9.97. The summed E-state index contributed by atoms with van der Waals surface area (Å²) in [6, 6.07) is 9.57. The van der Waals surface area contributed by atoms with E-state index < -0.39 is 37.7 Å². The number of methoxy groups -OCH3 is 1. The van der Waals surface area contributed by atoms with E-state index >= 15 is 0 Å². The van der Waals surface area contributed by atoms with E-state index in [-0.39, 0.29) is 28.6 Å². The number of ether oxygens (including phenoxy) is 1. The summed E-state index contributed by atoms with van der Waals surface area (Å²) in [5.74, 6) is -0.536. The summed E-state index contributed by atoms with van der Waals surface area (Å²) in [5.41, 5.74) is -0.830. The third kappa shape index (κ3) is 4.83. The molecule has 2 N–H and O–H groups in total. The second kappa shape index (κ2) is 9.38. The maximum absolute atomic E-state index is 14.7. The maximum atomic E-state index is 14.7. The topological polar surface area (TPSA) is 121 Å². The van der Waals surface area contributed by atoms with Gasteiger partial charge < -0.3 is 14.6 Å². The minimum Gasteiger partial charge on any atom is -0.497 e. The van der Waals surface area contributed by atoms with Gasteiger partial charge in [0.05, 0.1) is 18.4 Å². The Kier molecular flexibility index (Phi) is 6.61. The Morgan fingerprint density at radius 2 is 2.00 bits per heavy atom. The summed E-state index contributed by atoms with van der Waals surface area (Å²) in [7, 11) is -2.99. The number of benzene rings is 1. The molecule has 3 heterocycles. The summed E-state index contributed by atoms with van der Waals surface area (Å²) in [6.45, 7) is 6.63. The first-order valence-corrected chi connectivity index (χ1v) is 12.8. The first-order valence-electron chi connectivity index (χ1n) is 11.3. The summed E-state index contributed by atoms with van der Waals surface area (Å²) in [5, 5.41) is 0. The van der Waals surface area contributed by atoms with Crippen LogP contribution in [0.5, 0.6) is 5.75 Å². The molecule has 3 aromatic rings. The molecule has 0 radical (unpaired) electrons. The lowest BCUT2D eigenvalue weighted by molar-refractivity contribution is 0.0981. The number of nitrogens with zero attached hydrogens (tertiary/aromatic N) is 2. The van der Waals surface area contributed by atoms with Gasteiger partial charge in [-0.1, -0.05) is 6.92 Å². The van der Waals surface area contributed by atoms with Gasteiger partial charge in [0.2, 0.25) is 0 Å². The molecule has 0 bridgehead atoms. The number of aromatic nitrogens is 2. The van der Waals surface area contributed by atoms with Crippen molar-refractivity contribution in [2.24, 2.45) is 5.92 Å². The zero-order valence-corrected chi connectivity index (χ0v) is 21.1. The molecule has 1 aromatic carbocycles. The normalized spacial score (nSPS) is 17.1. The van der Waals surface area contributed by atoms with E-state index in [1.165, 1.54) is 49.7 Å². The van der Waals surface area contributed by atoms with Crippen LogP contribution in [0.25, 0.3) is 11.3 Å². The van der Waals surface area contributed by atoms with E-state index in [1.807, 2.05) is 23.5 Å². The Balaban J connectivity index is 1.82.